The van der Waals surface area contributed by atoms with Gasteiger partial charge in [-0.05, 0) is 70.5 Å². The van der Waals surface area contributed by atoms with Crippen molar-refractivity contribution < 1.29 is 27.7 Å². The van der Waals surface area contributed by atoms with Crippen LogP contribution in [0.15, 0.2) is 71.6 Å². The van der Waals surface area contributed by atoms with Gasteiger partial charge in [-0.3, -0.25) is 24.0 Å². The predicted molar refractivity (Wildman–Crippen MR) is 160 cm³/mol. The molecule has 0 fully saturated rings. The van der Waals surface area contributed by atoms with Gasteiger partial charge in [0.25, 0.3) is 15.7 Å². The summed E-state index contributed by atoms with van der Waals surface area (Å²) in [4.78, 5) is 38.9. The van der Waals surface area contributed by atoms with Crippen molar-refractivity contribution >= 4 is 33.2 Å². The first-order valence-corrected chi connectivity index (χ1v) is 14.8. The third-order valence-corrected chi connectivity index (χ3v) is 8.41. The van der Waals surface area contributed by atoms with Crippen LogP contribution in [0.25, 0.3) is 0 Å². The Morgan fingerprint density at radius 2 is 1.67 bits per heavy atom. The van der Waals surface area contributed by atoms with Crippen LogP contribution in [0.1, 0.15) is 37.5 Å². The number of aryl methyl sites for hydroxylation is 2. The number of nitro benzene ring substituents is 1. The highest BCUT2D eigenvalue weighted by molar-refractivity contribution is 7.92. The fourth-order valence-electron chi connectivity index (χ4n) is 4.35. The molecular weight excluding hydrogens is 560 g/mol. The number of rotatable bonds is 12. The third-order valence-electron chi connectivity index (χ3n) is 6.64. The summed E-state index contributed by atoms with van der Waals surface area (Å²) in [5.74, 6) is -0.559. The normalized spacial score (nSPS) is 12.0. The Bertz CT molecular complexity index is 1560. The minimum atomic E-state index is -4.48. The summed E-state index contributed by atoms with van der Waals surface area (Å²) in [6, 6.07) is 16.0. The molecule has 0 radical (unpaired) electrons. The number of nitro groups is 1. The van der Waals surface area contributed by atoms with E-state index in [1.165, 1.54) is 43.2 Å². The monoisotopic (exact) mass is 596 g/mol. The first-order chi connectivity index (χ1) is 19.7. The van der Waals surface area contributed by atoms with Crippen molar-refractivity contribution in [2.45, 2.75) is 58.1 Å². The van der Waals surface area contributed by atoms with Crippen LogP contribution in [0, 0.1) is 24.0 Å². The maximum Gasteiger partial charge on any atom is 0.273 e. The van der Waals surface area contributed by atoms with Gasteiger partial charge >= 0.3 is 0 Å². The summed E-state index contributed by atoms with van der Waals surface area (Å²) in [6.45, 7) is 7.99. The molecule has 224 valence electrons. The second-order valence-electron chi connectivity index (χ2n) is 10.3. The molecule has 1 N–H and O–H groups in total. The highest BCUT2D eigenvalue weighted by atomic mass is 32.2. The van der Waals surface area contributed by atoms with E-state index in [0.717, 1.165) is 21.5 Å². The standard InChI is InChI=1S/C30H36N4O7S/c1-20(2)31-30(36)23(5)32(18-24-9-7-8-21(3)16-24)29(35)19-33(25-11-13-26(41-6)14-12-25)42(39,40)27-15-10-22(4)28(17-27)34(37)38/h7-17,20,23H,18-19H2,1-6H3,(H,31,36)/t23-/m1/s1. The van der Waals surface area contributed by atoms with Crippen LogP contribution in [0.2, 0.25) is 0 Å². The minimum absolute atomic E-state index is 0.0553. The number of nitrogens with zero attached hydrogens (tertiary/aromatic N) is 3. The summed E-state index contributed by atoms with van der Waals surface area (Å²) in [5, 5.41) is 14.4. The van der Waals surface area contributed by atoms with Crippen molar-refractivity contribution in [3.05, 3.63) is 93.5 Å². The van der Waals surface area contributed by atoms with E-state index in [2.05, 4.69) is 5.32 Å². The van der Waals surface area contributed by atoms with Crippen LogP contribution >= 0.6 is 0 Å². The first kappa shape index (κ1) is 32.1. The van der Waals surface area contributed by atoms with Gasteiger partial charge in [0.2, 0.25) is 11.8 Å². The summed E-state index contributed by atoms with van der Waals surface area (Å²) in [7, 11) is -3.02. The van der Waals surface area contributed by atoms with Crippen LogP contribution in [-0.4, -0.2) is 55.8 Å². The lowest BCUT2D eigenvalue weighted by Gasteiger charge is -2.32. The fraction of sp³-hybridized carbons (Fsp3) is 0.333. The molecule has 3 rings (SSSR count). The largest absolute Gasteiger partial charge is 0.497 e. The minimum Gasteiger partial charge on any atom is -0.497 e. The maximum absolute atomic E-state index is 14.0. The lowest BCUT2D eigenvalue weighted by atomic mass is 10.1. The van der Waals surface area contributed by atoms with Crippen LogP contribution in [0.3, 0.4) is 0 Å². The highest BCUT2D eigenvalue weighted by Crippen LogP contribution is 2.29. The van der Waals surface area contributed by atoms with Gasteiger partial charge in [0.15, 0.2) is 0 Å². The molecule has 1 atom stereocenters. The number of hydrogen-bond donors (Lipinski definition) is 1. The van der Waals surface area contributed by atoms with Crippen molar-refractivity contribution in [3.63, 3.8) is 0 Å². The average Bonchev–Trinajstić information content (AvgIpc) is 2.93. The number of carbonyl (C=O) groups is 2. The van der Waals surface area contributed by atoms with Gasteiger partial charge in [-0.25, -0.2) is 8.42 Å². The molecule has 2 amide bonds. The molecule has 0 saturated heterocycles. The Hall–Kier alpha value is -4.45. The Balaban J connectivity index is 2.10. The average molecular weight is 597 g/mol. The van der Waals surface area contributed by atoms with Crippen molar-refractivity contribution in [2.24, 2.45) is 0 Å². The number of benzene rings is 3. The number of methoxy groups -OCH3 is 1. The number of carbonyl (C=O) groups excluding carboxylic acids is 2. The Labute approximate surface area is 246 Å². The second kappa shape index (κ2) is 13.5. The Kier molecular flexibility index (Phi) is 10.3. The zero-order valence-electron chi connectivity index (χ0n) is 24.5. The van der Waals surface area contributed by atoms with E-state index in [1.54, 1.807) is 32.9 Å². The molecule has 0 spiro atoms. The molecule has 0 aliphatic carbocycles. The third kappa shape index (κ3) is 7.64. The first-order valence-electron chi connectivity index (χ1n) is 13.3. The van der Waals surface area contributed by atoms with Gasteiger partial charge < -0.3 is 15.0 Å². The molecule has 0 aliphatic heterocycles. The maximum atomic E-state index is 14.0. The van der Waals surface area contributed by atoms with Gasteiger partial charge in [-0.1, -0.05) is 35.9 Å². The van der Waals surface area contributed by atoms with Crippen LogP contribution in [0.5, 0.6) is 5.75 Å². The summed E-state index contributed by atoms with van der Waals surface area (Å²) >= 11 is 0. The van der Waals surface area contributed by atoms with E-state index in [9.17, 15) is 28.1 Å². The zero-order chi connectivity index (χ0) is 31.2. The molecule has 0 aliphatic rings. The molecule has 0 unspecified atom stereocenters. The number of sulfonamides is 1. The topological polar surface area (TPSA) is 139 Å². The predicted octanol–water partition coefficient (Wildman–Crippen LogP) is 4.36. The quantitative estimate of drug-likeness (QED) is 0.242. The van der Waals surface area contributed by atoms with Crippen molar-refractivity contribution in [3.8, 4) is 5.75 Å². The summed E-state index contributed by atoms with van der Waals surface area (Å²) in [6.07, 6.45) is 0. The number of ether oxygens (including phenoxy) is 1. The van der Waals surface area contributed by atoms with E-state index in [-0.39, 0.29) is 34.8 Å². The fourth-order valence-corrected chi connectivity index (χ4v) is 5.78. The van der Waals surface area contributed by atoms with Gasteiger partial charge in [-0.15, -0.1) is 0 Å². The highest BCUT2D eigenvalue weighted by Gasteiger charge is 2.33. The SMILES string of the molecule is COc1ccc(N(CC(=O)N(Cc2cccc(C)c2)[C@H](C)C(=O)NC(C)C)S(=O)(=O)c2ccc(C)c([N+](=O)[O-])c2)cc1. The van der Waals surface area contributed by atoms with Gasteiger partial charge in [0.1, 0.15) is 18.3 Å². The van der Waals surface area contributed by atoms with E-state index in [1.807, 2.05) is 31.2 Å². The van der Waals surface area contributed by atoms with Crippen molar-refractivity contribution in [1.29, 1.82) is 0 Å². The summed E-state index contributed by atoms with van der Waals surface area (Å²) < 4.78 is 34.1. The molecule has 3 aromatic carbocycles. The van der Waals surface area contributed by atoms with E-state index in [0.29, 0.717) is 11.3 Å². The van der Waals surface area contributed by atoms with Gasteiger partial charge in [0, 0.05) is 24.2 Å². The molecule has 0 aromatic heterocycles. The van der Waals surface area contributed by atoms with Crippen LogP contribution in [-0.2, 0) is 26.2 Å². The summed E-state index contributed by atoms with van der Waals surface area (Å²) in [5.41, 5.74) is 1.79. The van der Waals surface area contributed by atoms with Crippen LogP contribution in [0.4, 0.5) is 11.4 Å². The molecule has 0 saturated carbocycles. The zero-order valence-corrected chi connectivity index (χ0v) is 25.3. The van der Waals surface area contributed by atoms with Crippen molar-refractivity contribution in [1.82, 2.24) is 10.2 Å². The lowest BCUT2D eigenvalue weighted by Crippen LogP contribution is -2.52. The number of anilines is 1. The molecular formula is C30H36N4O7S. The number of hydrogen-bond acceptors (Lipinski definition) is 7. The van der Waals surface area contributed by atoms with E-state index < -0.39 is 33.4 Å². The molecule has 3 aromatic rings. The van der Waals surface area contributed by atoms with Gasteiger partial charge in [0.05, 0.1) is 22.6 Å². The Morgan fingerprint density at radius 1 is 1.00 bits per heavy atom. The Morgan fingerprint density at radius 3 is 2.24 bits per heavy atom. The van der Waals surface area contributed by atoms with E-state index in [4.69, 9.17) is 4.74 Å². The van der Waals surface area contributed by atoms with Gasteiger partial charge in [-0.2, -0.15) is 0 Å². The molecule has 0 heterocycles. The smallest absolute Gasteiger partial charge is 0.273 e. The number of nitrogens with one attached hydrogen (secondary N) is 1. The van der Waals surface area contributed by atoms with E-state index >= 15 is 0 Å². The molecule has 12 heteroatoms. The van der Waals surface area contributed by atoms with Crippen molar-refractivity contribution in [2.75, 3.05) is 18.0 Å². The number of amides is 2. The van der Waals surface area contributed by atoms with Crippen LogP contribution < -0.4 is 14.4 Å². The second-order valence-corrected chi connectivity index (χ2v) is 12.1. The molecule has 0 bridgehead atoms. The lowest BCUT2D eigenvalue weighted by molar-refractivity contribution is -0.385. The molecule has 11 nitrogen and oxygen atoms in total. The molecule has 42 heavy (non-hydrogen) atoms.